The van der Waals surface area contributed by atoms with Gasteiger partial charge in [-0.1, -0.05) is 0 Å². The van der Waals surface area contributed by atoms with Crippen molar-refractivity contribution < 1.29 is 28.8 Å². The first-order chi connectivity index (χ1) is 14.9. The number of aliphatic hydroxyl groups excluding tert-OH is 1. The van der Waals surface area contributed by atoms with Crippen LogP contribution in [-0.4, -0.2) is 74.6 Å². The van der Waals surface area contributed by atoms with E-state index in [9.17, 15) is 0 Å². The van der Waals surface area contributed by atoms with Crippen LogP contribution in [0.1, 0.15) is 45.8 Å². The van der Waals surface area contributed by atoms with Gasteiger partial charge >= 0.3 is 6.01 Å². The SMILES string of the molecule is CC1(C)O[C@@H]2[C@H](O1)[C@@H](COCCO)O[C@H]2n1cnc2c(N)nc(OC3CCCC3)nc21. The van der Waals surface area contributed by atoms with Gasteiger partial charge in [-0.15, -0.1) is 0 Å². The number of nitrogen functional groups attached to an aromatic ring is 1. The molecule has 4 atom stereocenters. The minimum Gasteiger partial charge on any atom is -0.460 e. The Morgan fingerprint density at radius 1 is 1.23 bits per heavy atom. The zero-order valence-corrected chi connectivity index (χ0v) is 17.8. The van der Waals surface area contributed by atoms with Gasteiger partial charge in [0.1, 0.15) is 24.4 Å². The molecule has 3 N–H and O–H groups in total. The van der Waals surface area contributed by atoms with Gasteiger partial charge in [0.15, 0.2) is 29.0 Å². The molecule has 11 heteroatoms. The molecule has 170 valence electrons. The molecule has 0 unspecified atom stereocenters. The molecule has 0 radical (unpaired) electrons. The van der Waals surface area contributed by atoms with E-state index in [1.165, 1.54) is 0 Å². The Bertz CT molecular complexity index is 930. The predicted molar refractivity (Wildman–Crippen MR) is 108 cm³/mol. The van der Waals surface area contributed by atoms with E-state index in [4.69, 9.17) is 34.5 Å². The molecular weight excluding hydrogens is 406 g/mol. The first kappa shape index (κ1) is 20.8. The van der Waals surface area contributed by atoms with Gasteiger partial charge in [-0.3, -0.25) is 4.57 Å². The number of aromatic nitrogens is 4. The number of fused-ring (bicyclic) bond motifs is 2. The fourth-order valence-corrected chi connectivity index (χ4v) is 4.59. The summed E-state index contributed by atoms with van der Waals surface area (Å²) in [5.41, 5.74) is 7.16. The third kappa shape index (κ3) is 3.96. The first-order valence-electron chi connectivity index (χ1n) is 10.8. The van der Waals surface area contributed by atoms with Crippen molar-refractivity contribution in [3.8, 4) is 6.01 Å². The molecule has 0 amide bonds. The van der Waals surface area contributed by atoms with Crippen molar-refractivity contribution in [3.05, 3.63) is 6.33 Å². The van der Waals surface area contributed by atoms with E-state index in [2.05, 4.69) is 15.0 Å². The smallest absolute Gasteiger partial charge is 0.320 e. The molecule has 5 rings (SSSR count). The van der Waals surface area contributed by atoms with Crippen molar-refractivity contribution in [2.45, 2.75) is 76.0 Å². The van der Waals surface area contributed by atoms with Crippen LogP contribution in [0.5, 0.6) is 6.01 Å². The Morgan fingerprint density at radius 3 is 2.77 bits per heavy atom. The maximum atomic E-state index is 9.01. The lowest BCUT2D eigenvalue weighted by Gasteiger charge is -2.24. The van der Waals surface area contributed by atoms with E-state index in [1.807, 2.05) is 13.8 Å². The summed E-state index contributed by atoms with van der Waals surface area (Å²) in [5.74, 6) is -0.494. The van der Waals surface area contributed by atoms with Crippen LogP contribution in [0.2, 0.25) is 0 Å². The van der Waals surface area contributed by atoms with Crippen LogP contribution in [0.25, 0.3) is 11.2 Å². The summed E-state index contributed by atoms with van der Waals surface area (Å²) < 4.78 is 31.8. The standard InChI is InChI=1S/C20H29N5O6/c1-20(2)30-14-12(9-27-8-7-26)29-18(15(14)31-20)25-10-22-13-16(21)23-19(24-17(13)25)28-11-5-3-4-6-11/h10-12,14-15,18,26H,3-9H2,1-2H3,(H2,21,23,24)/t12-,14-,15-,18-/m1/s1. The molecule has 3 aliphatic rings. The molecule has 31 heavy (non-hydrogen) atoms. The Morgan fingerprint density at radius 2 is 2.00 bits per heavy atom. The van der Waals surface area contributed by atoms with Gasteiger partial charge in [0.05, 0.1) is 26.1 Å². The third-order valence-electron chi connectivity index (χ3n) is 5.92. The Hall–Kier alpha value is -2.05. The van der Waals surface area contributed by atoms with E-state index >= 15 is 0 Å². The summed E-state index contributed by atoms with van der Waals surface area (Å²) >= 11 is 0. The number of nitrogens with two attached hydrogens (primary N) is 1. The minimum absolute atomic E-state index is 0.0563. The molecule has 0 bridgehead atoms. The Kier molecular flexibility index (Phi) is 5.47. The van der Waals surface area contributed by atoms with E-state index in [0.29, 0.717) is 11.2 Å². The highest BCUT2D eigenvalue weighted by atomic mass is 16.8. The summed E-state index contributed by atoms with van der Waals surface area (Å²) in [6, 6.07) is 0.250. The number of hydrogen-bond donors (Lipinski definition) is 2. The zero-order valence-electron chi connectivity index (χ0n) is 17.8. The van der Waals surface area contributed by atoms with Crippen molar-refractivity contribution >= 4 is 17.0 Å². The molecule has 11 nitrogen and oxygen atoms in total. The van der Waals surface area contributed by atoms with E-state index in [-0.39, 0.29) is 56.1 Å². The second-order valence-electron chi connectivity index (χ2n) is 8.67. The fourth-order valence-electron chi connectivity index (χ4n) is 4.59. The molecule has 2 aromatic rings. The topological polar surface area (TPSA) is 136 Å². The van der Waals surface area contributed by atoms with Crippen LogP contribution in [-0.2, 0) is 18.9 Å². The maximum absolute atomic E-state index is 9.01. The van der Waals surface area contributed by atoms with Gasteiger partial charge in [-0.2, -0.15) is 9.97 Å². The number of nitrogens with zero attached hydrogens (tertiary/aromatic N) is 4. The molecule has 1 saturated carbocycles. The molecular formula is C20H29N5O6. The summed E-state index contributed by atoms with van der Waals surface area (Å²) in [6.07, 6.45) is 4.40. The number of hydrogen-bond acceptors (Lipinski definition) is 10. The van der Waals surface area contributed by atoms with Crippen LogP contribution < -0.4 is 10.5 Å². The summed E-state index contributed by atoms with van der Waals surface area (Å²) in [7, 11) is 0. The molecule has 4 heterocycles. The van der Waals surface area contributed by atoms with Crippen LogP contribution in [0.3, 0.4) is 0 Å². The molecule has 2 aromatic heterocycles. The number of imidazole rings is 1. The van der Waals surface area contributed by atoms with Crippen molar-refractivity contribution in [3.63, 3.8) is 0 Å². The summed E-state index contributed by atoms with van der Waals surface area (Å²) in [5, 5.41) is 9.01. The third-order valence-corrected chi connectivity index (χ3v) is 5.92. The highest BCUT2D eigenvalue weighted by Crippen LogP contribution is 2.44. The molecule has 0 spiro atoms. The van der Waals surface area contributed by atoms with Gasteiger partial charge in [-0.25, -0.2) is 4.98 Å². The molecule has 2 saturated heterocycles. The van der Waals surface area contributed by atoms with E-state index < -0.39 is 12.0 Å². The second-order valence-corrected chi connectivity index (χ2v) is 8.67. The number of anilines is 1. The van der Waals surface area contributed by atoms with Crippen molar-refractivity contribution in [1.29, 1.82) is 0 Å². The highest BCUT2D eigenvalue weighted by Gasteiger charge is 2.56. The van der Waals surface area contributed by atoms with Crippen molar-refractivity contribution in [2.75, 3.05) is 25.6 Å². The Balaban J connectivity index is 1.45. The van der Waals surface area contributed by atoms with Gasteiger partial charge < -0.3 is 34.5 Å². The van der Waals surface area contributed by atoms with Crippen LogP contribution in [0.4, 0.5) is 5.82 Å². The van der Waals surface area contributed by atoms with Crippen LogP contribution >= 0.6 is 0 Å². The normalized spacial score (nSPS) is 30.3. The number of ether oxygens (including phenoxy) is 5. The number of aliphatic hydroxyl groups is 1. The Labute approximate surface area is 179 Å². The average Bonchev–Trinajstić information content (AvgIpc) is 3.47. The minimum atomic E-state index is -0.756. The number of rotatable bonds is 7. The summed E-state index contributed by atoms with van der Waals surface area (Å²) in [4.78, 5) is 13.3. The molecule has 2 aliphatic heterocycles. The molecule has 1 aliphatic carbocycles. The van der Waals surface area contributed by atoms with Gasteiger partial charge in [0.25, 0.3) is 0 Å². The lowest BCUT2D eigenvalue weighted by molar-refractivity contribution is -0.201. The van der Waals surface area contributed by atoms with Crippen LogP contribution in [0, 0.1) is 0 Å². The maximum Gasteiger partial charge on any atom is 0.320 e. The van der Waals surface area contributed by atoms with E-state index in [1.54, 1.807) is 10.9 Å². The van der Waals surface area contributed by atoms with Gasteiger partial charge in [0, 0.05) is 0 Å². The first-order valence-corrected chi connectivity index (χ1v) is 10.8. The second kappa shape index (κ2) is 8.14. The van der Waals surface area contributed by atoms with Crippen molar-refractivity contribution in [2.24, 2.45) is 0 Å². The summed E-state index contributed by atoms with van der Waals surface area (Å²) in [6.45, 7) is 4.18. The average molecular weight is 435 g/mol. The van der Waals surface area contributed by atoms with Crippen molar-refractivity contribution in [1.82, 2.24) is 19.5 Å². The van der Waals surface area contributed by atoms with Crippen LogP contribution in [0.15, 0.2) is 6.33 Å². The fraction of sp³-hybridized carbons (Fsp3) is 0.750. The van der Waals surface area contributed by atoms with Gasteiger partial charge in [-0.05, 0) is 39.5 Å². The zero-order chi connectivity index (χ0) is 21.6. The van der Waals surface area contributed by atoms with E-state index in [0.717, 1.165) is 25.7 Å². The largest absolute Gasteiger partial charge is 0.460 e. The quantitative estimate of drug-likeness (QED) is 0.610. The lowest BCUT2D eigenvalue weighted by Crippen LogP contribution is -2.33. The van der Waals surface area contributed by atoms with Gasteiger partial charge in [0.2, 0.25) is 0 Å². The highest BCUT2D eigenvalue weighted by molar-refractivity contribution is 5.82. The molecule has 0 aromatic carbocycles. The lowest BCUT2D eigenvalue weighted by atomic mass is 10.1. The predicted octanol–water partition coefficient (Wildman–Crippen LogP) is 1.16. The molecule has 3 fully saturated rings. The monoisotopic (exact) mass is 435 g/mol.